The van der Waals surface area contributed by atoms with E-state index in [4.69, 9.17) is 4.42 Å². The van der Waals surface area contributed by atoms with Crippen LogP contribution in [0.25, 0.3) is 38.7 Å². The van der Waals surface area contributed by atoms with Gasteiger partial charge in [0, 0.05) is 39.9 Å². The highest BCUT2D eigenvalue weighted by atomic mass is 19.2. The lowest BCUT2D eigenvalue weighted by Gasteiger charge is -2.23. The highest BCUT2D eigenvalue weighted by Gasteiger charge is 2.32. The quantitative estimate of drug-likeness (QED) is 0.148. The van der Waals surface area contributed by atoms with Crippen LogP contribution in [0.4, 0.5) is 30.7 Å². The third kappa shape index (κ3) is 4.10. The minimum atomic E-state index is -2.01. The number of furan rings is 1. The molecule has 7 aromatic rings. The van der Waals surface area contributed by atoms with Crippen molar-refractivity contribution in [3.63, 3.8) is 0 Å². The molecule has 5 aromatic carbocycles. The zero-order valence-corrected chi connectivity index (χ0v) is 22.2. The molecule has 7 rings (SSSR count). The minimum absolute atomic E-state index is 0.149. The largest absolute Gasteiger partial charge is 0.439 e. The van der Waals surface area contributed by atoms with Crippen LogP contribution in [0, 0.1) is 47.6 Å². The SMILES string of the molecule is Cc1cc(F)c(C(c2cc(F)c(-n3c4ccccc4c4c5ccccc5oc43)c(F)c2)c2c(F)cc(F)cc2F)c(F)c1. The van der Waals surface area contributed by atoms with E-state index < -0.39 is 69.0 Å². The fraction of sp³-hybridized carbons (Fsp3) is 0.0588. The molecule has 0 fully saturated rings. The van der Waals surface area contributed by atoms with Crippen molar-refractivity contribution in [3.8, 4) is 5.69 Å². The Bertz CT molecular complexity index is 2120. The predicted octanol–water partition coefficient (Wildman–Crippen LogP) is 9.99. The number of fused-ring (bicyclic) bond motifs is 5. The van der Waals surface area contributed by atoms with Crippen LogP contribution < -0.4 is 0 Å². The third-order valence-corrected chi connectivity index (χ3v) is 7.64. The summed E-state index contributed by atoms with van der Waals surface area (Å²) in [5.41, 5.74) is -1.68. The van der Waals surface area contributed by atoms with Crippen molar-refractivity contribution < 1.29 is 35.2 Å². The van der Waals surface area contributed by atoms with Gasteiger partial charge in [-0.05, 0) is 54.4 Å². The van der Waals surface area contributed by atoms with Crippen molar-refractivity contribution in [2.75, 3.05) is 0 Å². The molecule has 0 aliphatic carbocycles. The molecule has 0 N–H and O–H groups in total. The normalized spacial score (nSPS) is 12.6. The zero-order chi connectivity index (χ0) is 30.2. The highest BCUT2D eigenvalue weighted by molar-refractivity contribution is 6.19. The average molecular weight is 590 g/mol. The van der Waals surface area contributed by atoms with Gasteiger partial charge in [0.05, 0.1) is 10.9 Å². The summed E-state index contributed by atoms with van der Waals surface area (Å²) >= 11 is 0. The molecule has 214 valence electrons. The van der Waals surface area contributed by atoms with Crippen LogP contribution in [0.3, 0.4) is 0 Å². The van der Waals surface area contributed by atoms with E-state index in [2.05, 4.69) is 0 Å². The van der Waals surface area contributed by atoms with Gasteiger partial charge in [0.2, 0.25) is 5.71 Å². The Kier molecular flexibility index (Phi) is 6.09. The summed E-state index contributed by atoms with van der Waals surface area (Å²) in [5.74, 6) is -11.0. The highest BCUT2D eigenvalue weighted by Crippen LogP contribution is 2.43. The average Bonchev–Trinajstić information content (AvgIpc) is 3.46. The monoisotopic (exact) mass is 589 g/mol. The molecule has 0 bridgehead atoms. The van der Waals surface area contributed by atoms with Gasteiger partial charge in [-0.25, -0.2) is 30.7 Å². The van der Waals surface area contributed by atoms with Crippen molar-refractivity contribution in [2.45, 2.75) is 12.8 Å². The van der Waals surface area contributed by atoms with Crippen LogP contribution in [-0.4, -0.2) is 4.57 Å². The smallest absolute Gasteiger partial charge is 0.213 e. The van der Waals surface area contributed by atoms with Crippen LogP contribution in [0.2, 0.25) is 0 Å². The lowest BCUT2D eigenvalue weighted by Crippen LogP contribution is -2.15. The van der Waals surface area contributed by atoms with Gasteiger partial charge in [0.1, 0.15) is 40.4 Å². The van der Waals surface area contributed by atoms with E-state index >= 15 is 26.3 Å². The van der Waals surface area contributed by atoms with Gasteiger partial charge in [0.15, 0.2) is 11.6 Å². The molecule has 0 saturated carbocycles. The van der Waals surface area contributed by atoms with E-state index in [0.717, 1.165) is 29.7 Å². The number of benzene rings is 5. The lowest BCUT2D eigenvalue weighted by molar-refractivity contribution is 0.503. The van der Waals surface area contributed by atoms with E-state index in [1.807, 2.05) is 6.07 Å². The van der Waals surface area contributed by atoms with Crippen molar-refractivity contribution >= 4 is 33.0 Å². The van der Waals surface area contributed by atoms with E-state index in [1.54, 1.807) is 42.5 Å². The summed E-state index contributed by atoms with van der Waals surface area (Å²) in [6, 6.07) is 18.0. The number of para-hydroxylation sites is 2. The van der Waals surface area contributed by atoms with Crippen molar-refractivity contribution in [2.24, 2.45) is 0 Å². The molecular weight excluding hydrogens is 571 g/mol. The Morgan fingerprint density at radius 3 is 1.77 bits per heavy atom. The summed E-state index contributed by atoms with van der Waals surface area (Å²) in [5, 5.41) is 1.99. The molecule has 0 aliphatic rings. The Hall–Kier alpha value is -5.05. The maximum atomic E-state index is 16.2. The number of rotatable bonds is 4. The fourth-order valence-electron chi connectivity index (χ4n) is 5.92. The van der Waals surface area contributed by atoms with E-state index in [1.165, 1.54) is 11.5 Å². The molecule has 2 nitrogen and oxygen atoms in total. The van der Waals surface area contributed by atoms with Crippen LogP contribution in [-0.2, 0) is 0 Å². The number of nitrogens with zero attached hydrogens (tertiary/aromatic N) is 1. The number of halogens is 7. The second-order valence-corrected chi connectivity index (χ2v) is 10.3. The molecule has 0 aliphatic heterocycles. The van der Waals surface area contributed by atoms with E-state index in [-0.39, 0.29) is 11.3 Å². The maximum Gasteiger partial charge on any atom is 0.213 e. The van der Waals surface area contributed by atoms with Crippen molar-refractivity contribution in [1.29, 1.82) is 0 Å². The van der Waals surface area contributed by atoms with E-state index in [9.17, 15) is 4.39 Å². The summed E-state index contributed by atoms with van der Waals surface area (Å²) in [6.45, 7) is 1.40. The predicted molar refractivity (Wildman–Crippen MR) is 149 cm³/mol. The van der Waals surface area contributed by atoms with Gasteiger partial charge in [-0.15, -0.1) is 0 Å². The Labute approximate surface area is 239 Å². The Morgan fingerprint density at radius 1 is 0.605 bits per heavy atom. The molecule has 2 heterocycles. The van der Waals surface area contributed by atoms with Crippen LogP contribution >= 0.6 is 0 Å². The van der Waals surface area contributed by atoms with Gasteiger partial charge in [-0.1, -0.05) is 36.4 Å². The van der Waals surface area contributed by atoms with Gasteiger partial charge < -0.3 is 4.42 Å². The zero-order valence-electron chi connectivity index (χ0n) is 22.2. The van der Waals surface area contributed by atoms with Gasteiger partial charge in [0.25, 0.3) is 0 Å². The maximum absolute atomic E-state index is 16.2. The molecular formula is C34H18F7NO. The second-order valence-electron chi connectivity index (χ2n) is 10.3. The first kappa shape index (κ1) is 26.8. The number of hydrogen-bond acceptors (Lipinski definition) is 1. The molecule has 0 amide bonds. The molecule has 1 atom stereocenters. The first-order valence-corrected chi connectivity index (χ1v) is 13.1. The molecule has 1 unspecified atom stereocenters. The standard InChI is InChI=1S/C34H18F7NO/c1-16-10-21(36)31(22(37)11-16)29(32-23(38)14-18(35)15-24(32)39)17-12-25(40)33(26(41)13-17)42-27-8-4-2-6-19(27)30-20-7-3-5-9-28(20)43-34(30)42/h2-15,29H,1H3. The fourth-order valence-corrected chi connectivity index (χ4v) is 5.92. The van der Waals surface area contributed by atoms with Crippen molar-refractivity contribution in [1.82, 2.24) is 4.57 Å². The van der Waals surface area contributed by atoms with Gasteiger partial charge in [-0.3, -0.25) is 4.57 Å². The Balaban J connectivity index is 1.52. The topological polar surface area (TPSA) is 18.1 Å². The van der Waals surface area contributed by atoms with Crippen LogP contribution in [0.5, 0.6) is 0 Å². The third-order valence-electron chi connectivity index (χ3n) is 7.64. The summed E-state index contributed by atoms with van der Waals surface area (Å²) in [6.07, 6.45) is 0. The molecule has 43 heavy (non-hydrogen) atoms. The van der Waals surface area contributed by atoms with E-state index in [0.29, 0.717) is 34.0 Å². The van der Waals surface area contributed by atoms with Crippen LogP contribution in [0.15, 0.2) is 89.3 Å². The second kappa shape index (κ2) is 9.76. The summed E-state index contributed by atoms with van der Waals surface area (Å²) in [7, 11) is 0. The minimum Gasteiger partial charge on any atom is -0.439 e. The molecule has 0 spiro atoms. The summed E-state index contributed by atoms with van der Waals surface area (Å²) in [4.78, 5) is 0. The first-order chi connectivity index (χ1) is 20.6. The lowest BCUT2D eigenvalue weighted by atomic mass is 9.83. The number of hydrogen-bond donors (Lipinski definition) is 0. The Morgan fingerprint density at radius 2 is 1.14 bits per heavy atom. The summed E-state index contributed by atoms with van der Waals surface area (Å²) < 4.78 is 114. The number of aryl methyl sites for hydroxylation is 1. The number of aromatic nitrogens is 1. The molecule has 0 saturated heterocycles. The van der Waals surface area contributed by atoms with Crippen LogP contribution in [0.1, 0.15) is 28.2 Å². The van der Waals surface area contributed by atoms with Gasteiger partial charge >= 0.3 is 0 Å². The van der Waals surface area contributed by atoms with Gasteiger partial charge in [-0.2, -0.15) is 0 Å². The van der Waals surface area contributed by atoms with Crippen molar-refractivity contribution in [3.05, 3.63) is 148 Å². The molecule has 9 heteroatoms. The first-order valence-electron chi connectivity index (χ1n) is 13.1. The molecule has 0 radical (unpaired) electrons. The molecule has 2 aromatic heterocycles.